The fraction of sp³-hybridized carbons (Fsp3) is 0.278. The highest BCUT2D eigenvalue weighted by Gasteiger charge is 2.07. The number of anilines is 1. The van der Waals surface area contributed by atoms with Crippen molar-refractivity contribution < 1.29 is 4.79 Å². The number of amides is 1. The summed E-state index contributed by atoms with van der Waals surface area (Å²) < 4.78 is 0. The lowest BCUT2D eigenvalue weighted by Crippen LogP contribution is -2.12. The maximum absolute atomic E-state index is 12.2. The summed E-state index contributed by atoms with van der Waals surface area (Å²) in [4.78, 5) is 12.2. The van der Waals surface area contributed by atoms with Gasteiger partial charge in [-0.15, -0.1) is 0 Å². The van der Waals surface area contributed by atoms with E-state index in [0.29, 0.717) is 11.5 Å². The van der Waals surface area contributed by atoms with Crippen molar-refractivity contribution >= 4 is 11.6 Å². The molecular formula is C18H21NO. The first-order valence-electron chi connectivity index (χ1n) is 6.96. The Labute approximate surface area is 120 Å². The summed E-state index contributed by atoms with van der Waals surface area (Å²) in [5.41, 5.74) is 5.13. The molecule has 20 heavy (non-hydrogen) atoms. The Morgan fingerprint density at radius 3 is 2.15 bits per heavy atom. The molecule has 0 atom stereocenters. The zero-order valence-electron chi connectivity index (χ0n) is 12.5. The van der Waals surface area contributed by atoms with Crippen LogP contribution in [-0.4, -0.2) is 5.91 Å². The summed E-state index contributed by atoms with van der Waals surface area (Å²) in [6, 6.07) is 13.8. The minimum atomic E-state index is -0.0644. The summed E-state index contributed by atoms with van der Waals surface area (Å²) in [6.45, 7) is 8.37. The van der Waals surface area contributed by atoms with Gasteiger partial charge in [0.1, 0.15) is 0 Å². The van der Waals surface area contributed by atoms with Gasteiger partial charge in [0.05, 0.1) is 0 Å². The van der Waals surface area contributed by atoms with Crippen molar-refractivity contribution in [3.8, 4) is 0 Å². The van der Waals surface area contributed by atoms with Crippen LogP contribution in [0.25, 0.3) is 0 Å². The Hall–Kier alpha value is -2.09. The molecule has 0 aliphatic carbocycles. The van der Waals surface area contributed by atoms with Gasteiger partial charge in [-0.1, -0.05) is 32.0 Å². The lowest BCUT2D eigenvalue weighted by atomic mass is 10.0. The predicted octanol–water partition coefficient (Wildman–Crippen LogP) is 4.68. The van der Waals surface area contributed by atoms with Gasteiger partial charge in [0.2, 0.25) is 0 Å². The fourth-order valence-corrected chi connectivity index (χ4v) is 2.04. The molecule has 0 aliphatic heterocycles. The quantitative estimate of drug-likeness (QED) is 0.859. The van der Waals surface area contributed by atoms with E-state index in [2.05, 4.69) is 31.3 Å². The minimum Gasteiger partial charge on any atom is -0.322 e. The Bertz CT molecular complexity index is 612. The molecule has 0 spiro atoms. The standard InChI is InChI=1S/C18H21NO/c1-12(2)15-7-9-17(10-8-15)19-18(20)16-6-5-13(3)14(4)11-16/h5-12H,1-4H3,(H,19,20). The van der Waals surface area contributed by atoms with Gasteiger partial charge in [0, 0.05) is 11.3 Å². The molecule has 0 saturated carbocycles. The number of hydrogen-bond acceptors (Lipinski definition) is 1. The molecule has 1 N–H and O–H groups in total. The predicted molar refractivity (Wildman–Crippen MR) is 84.4 cm³/mol. The van der Waals surface area contributed by atoms with Crippen LogP contribution >= 0.6 is 0 Å². The highest BCUT2D eigenvalue weighted by atomic mass is 16.1. The first-order chi connectivity index (χ1) is 9.47. The molecule has 104 valence electrons. The second kappa shape index (κ2) is 5.91. The van der Waals surface area contributed by atoms with Crippen LogP contribution in [0.5, 0.6) is 0 Å². The topological polar surface area (TPSA) is 29.1 Å². The van der Waals surface area contributed by atoms with Gasteiger partial charge in [-0.2, -0.15) is 0 Å². The van der Waals surface area contributed by atoms with E-state index < -0.39 is 0 Å². The summed E-state index contributed by atoms with van der Waals surface area (Å²) in [7, 11) is 0. The molecule has 2 rings (SSSR count). The van der Waals surface area contributed by atoms with Crippen LogP contribution in [0.15, 0.2) is 42.5 Å². The van der Waals surface area contributed by atoms with Crippen LogP contribution in [-0.2, 0) is 0 Å². The molecule has 0 aromatic heterocycles. The van der Waals surface area contributed by atoms with Crippen molar-refractivity contribution in [1.82, 2.24) is 0 Å². The molecule has 2 aromatic rings. The normalized spacial score (nSPS) is 10.7. The Balaban J connectivity index is 2.12. The number of nitrogens with one attached hydrogen (secondary N) is 1. The van der Waals surface area contributed by atoms with Crippen LogP contribution in [0.1, 0.15) is 46.8 Å². The van der Waals surface area contributed by atoms with Gasteiger partial charge in [-0.25, -0.2) is 0 Å². The number of aryl methyl sites for hydroxylation is 2. The second-order valence-corrected chi connectivity index (χ2v) is 5.53. The molecule has 0 aliphatic rings. The van der Waals surface area contributed by atoms with Crippen molar-refractivity contribution in [2.75, 3.05) is 5.32 Å². The molecule has 0 fully saturated rings. The maximum Gasteiger partial charge on any atom is 0.255 e. The number of hydrogen-bond donors (Lipinski definition) is 1. The number of benzene rings is 2. The smallest absolute Gasteiger partial charge is 0.255 e. The molecule has 0 bridgehead atoms. The van der Waals surface area contributed by atoms with E-state index in [1.54, 1.807) is 0 Å². The average Bonchev–Trinajstić information content (AvgIpc) is 2.42. The van der Waals surface area contributed by atoms with Crippen LogP contribution < -0.4 is 5.32 Å². The molecule has 0 unspecified atom stereocenters. The van der Waals surface area contributed by atoms with Crippen LogP contribution in [0.4, 0.5) is 5.69 Å². The largest absolute Gasteiger partial charge is 0.322 e. The first kappa shape index (κ1) is 14.3. The third-order valence-corrected chi connectivity index (χ3v) is 3.60. The molecule has 2 aromatic carbocycles. The zero-order chi connectivity index (χ0) is 14.7. The van der Waals surface area contributed by atoms with Gasteiger partial charge in [0.25, 0.3) is 5.91 Å². The Morgan fingerprint density at radius 1 is 0.950 bits per heavy atom. The minimum absolute atomic E-state index is 0.0644. The maximum atomic E-state index is 12.2. The summed E-state index contributed by atoms with van der Waals surface area (Å²) in [5, 5.41) is 2.93. The van der Waals surface area contributed by atoms with Crippen LogP contribution in [0, 0.1) is 13.8 Å². The van der Waals surface area contributed by atoms with Gasteiger partial charge >= 0.3 is 0 Å². The Kier molecular flexibility index (Phi) is 4.23. The summed E-state index contributed by atoms with van der Waals surface area (Å²) >= 11 is 0. The van der Waals surface area contributed by atoms with Gasteiger partial charge in [-0.05, 0) is 60.7 Å². The molecule has 2 heteroatoms. The van der Waals surface area contributed by atoms with E-state index >= 15 is 0 Å². The SMILES string of the molecule is Cc1ccc(C(=O)Nc2ccc(C(C)C)cc2)cc1C. The van der Waals surface area contributed by atoms with E-state index in [4.69, 9.17) is 0 Å². The molecule has 0 saturated heterocycles. The van der Waals surface area contributed by atoms with Crippen molar-refractivity contribution in [3.05, 3.63) is 64.7 Å². The van der Waals surface area contributed by atoms with E-state index in [-0.39, 0.29) is 5.91 Å². The number of carbonyl (C=O) groups is 1. The van der Waals surface area contributed by atoms with E-state index in [9.17, 15) is 4.79 Å². The van der Waals surface area contributed by atoms with Crippen LogP contribution in [0.2, 0.25) is 0 Å². The molecule has 1 amide bonds. The highest BCUT2D eigenvalue weighted by Crippen LogP contribution is 2.18. The first-order valence-corrected chi connectivity index (χ1v) is 6.96. The summed E-state index contributed by atoms with van der Waals surface area (Å²) in [6.07, 6.45) is 0. The van der Waals surface area contributed by atoms with Crippen molar-refractivity contribution in [2.24, 2.45) is 0 Å². The highest BCUT2D eigenvalue weighted by molar-refractivity contribution is 6.04. The van der Waals surface area contributed by atoms with E-state index in [1.807, 2.05) is 44.2 Å². The zero-order valence-corrected chi connectivity index (χ0v) is 12.5. The number of rotatable bonds is 3. The Morgan fingerprint density at radius 2 is 1.60 bits per heavy atom. The fourth-order valence-electron chi connectivity index (χ4n) is 2.04. The van der Waals surface area contributed by atoms with Crippen molar-refractivity contribution in [2.45, 2.75) is 33.6 Å². The van der Waals surface area contributed by atoms with Crippen molar-refractivity contribution in [1.29, 1.82) is 0 Å². The number of carbonyl (C=O) groups excluding carboxylic acids is 1. The monoisotopic (exact) mass is 267 g/mol. The molecule has 2 nitrogen and oxygen atoms in total. The second-order valence-electron chi connectivity index (χ2n) is 5.53. The molecular weight excluding hydrogens is 246 g/mol. The average molecular weight is 267 g/mol. The lowest BCUT2D eigenvalue weighted by Gasteiger charge is -2.09. The lowest BCUT2D eigenvalue weighted by molar-refractivity contribution is 0.102. The van der Waals surface area contributed by atoms with Crippen LogP contribution in [0.3, 0.4) is 0 Å². The molecule has 0 heterocycles. The van der Waals surface area contributed by atoms with Crippen molar-refractivity contribution in [3.63, 3.8) is 0 Å². The molecule has 0 radical (unpaired) electrons. The van der Waals surface area contributed by atoms with E-state index in [1.165, 1.54) is 11.1 Å². The van der Waals surface area contributed by atoms with Gasteiger partial charge in [-0.3, -0.25) is 4.79 Å². The summed E-state index contributed by atoms with van der Waals surface area (Å²) in [5.74, 6) is 0.435. The van der Waals surface area contributed by atoms with Gasteiger partial charge in [0.15, 0.2) is 0 Å². The third-order valence-electron chi connectivity index (χ3n) is 3.60. The third kappa shape index (κ3) is 3.27. The van der Waals surface area contributed by atoms with E-state index in [0.717, 1.165) is 11.3 Å². The van der Waals surface area contributed by atoms with Gasteiger partial charge < -0.3 is 5.32 Å².